The van der Waals surface area contributed by atoms with E-state index in [1.54, 1.807) is 0 Å². The molecule has 1 aromatic carbocycles. The molecule has 9 heteroatoms. The molecule has 0 spiro atoms. The lowest BCUT2D eigenvalue weighted by molar-refractivity contribution is -0.259. The molecule has 0 amide bonds. The number of rotatable bonds is 4. The summed E-state index contributed by atoms with van der Waals surface area (Å²) in [6.07, 6.45) is -6.57. The van der Waals surface area contributed by atoms with E-state index < -0.39 is 60.0 Å². The van der Waals surface area contributed by atoms with E-state index in [0.717, 1.165) is 26.2 Å². The monoisotopic (exact) mass is 382 g/mol. The van der Waals surface area contributed by atoms with Crippen LogP contribution in [0.3, 0.4) is 0 Å². The zero-order valence-electron chi connectivity index (χ0n) is 14.5. The topological polar surface area (TPSA) is 44.8 Å². The Bertz CT molecular complexity index is 676. The van der Waals surface area contributed by atoms with Crippen molar-refractivity contribution < 1.29 is 41.0 Å². The van der Waals surface area contributed by atoms with Crippen molar-refractivity contribution in [2.45, 2.75) is 38.5 Å². The van der Waals surface area contributed by atoms with Crippen molar-refractivity contribution >= 4 is 5.97 Å². The van der Waals surface area contributed by atoms with Gasteiger partial charge in [-0.25, -0.2) is 9.18 Å². The van der Waals surface area contributed by atoms with Crippen molar-refractivity contribution in [1.29, 1.82) is 0 Å². The van der Waals surface area contributed by atoms with Crippen LogP contribution in [0.4, 0.5) is 22.0 Å². The van der Waals surface area contributed by atoms with E-state index in [1.165, 1.54) is 6.92 Å². The van der Waals surface area contributed by atoms with E-state index in [2.05, 4.69) is 0 Å². The molecule has 0 saturated carbocycles. The van der Waals surface area contributed by atoms with Crippen LogP contribution < -0.4 is 4.74 Å². The van der Waals surface area contributed by atoms with E-state index in [4.69, 9.17) is 14.2 Å². The second-order valence-electron chi connectivity index (χ2n) is 6.34. The fraction of sp³-hybridized carbons (Fsp3) is 0.588. The average Bonchev–Trinajstić information content (AvgIpc) is 2.56. The van der Waals surface area contributed by atoms with Crippen molar-refractivity contribution in [1.82, 2.24) is 0 Å². The molecule has 1 saturated heterocycles. The third-order valence-electron chi connectivity index (χ3n) is 4.50. The third kappa shape index (κ3) is 3.62. The number of ether oxygens (including phenoxy) is 3. The Kier molecular flexibility index (Phi) is 5.79. The minimum Gasteiger partial charge on any atom is -0.493 e. The maximum atomic E-state index is 14.0. The van der Waals surface area contributed by atoms with Gasteiger partial charge in [0.2, 0.25) is 5.82 Å². The summed E-state index contributed by atoms with van der Waals surface area (Å²) >= 11 is 0. The standard InChI is InChI=1S/C17H19F5O4/c1-4-25-15(23)14-10(7-16(2,8-26-14)17(20,21)22)9-5-6-11(18)12(19)13(9)24-3/h5-6,10,14H,4,7-8H2,1-3H3/t10-,14-,16-/m0/s1. The molecule has 1 heterocycles. The Morgan fingerprint density at radius 1 is 1.35 bits per heavy atom. The summed E-state index contributed by atoms with van der Waals surface area (Å²) in [5, 5.41) is 0. The molecule has 1 aliphatic heterocycles. The summed E-state index contributed by atoms with van der Waals surface area (Å²) in [5.74, 6) is -5.20. The molecule has 3 atom stereocenters. The molecule has 1 aromatic rings. The second kappa shape index (κ2) is 7.38. The fourth-order valence-electron chi connectivity index (χ4n) is 3.01. The number of hydrogen-bond donors (Lipinski definition) is 0. The minimum atomic E-state index is -4.61. The number of halogens is 5. The van der Waals surface area contributed by atoms with E-state index in [9.17, 15) is 26.7 Å². The lowest BCUT2D eigenvalue weighted by atomic mass is 9.73. The number of methoxy groups -OCH3 is 1. The van der Waals surface area contributed by atoms with Crippen LogP contribution in [0.5, 0.6) is 5.75 Å². The third-order valence-corrected chi connectivity index (χ3v) is 4.50. The fourth-order valence-corrected chi connectivity index (χ4v) is 3.01. The summed E-state index contributed by atoms with van der Waals surface area (Å²) in [4.78, 5) is 12.2. The van der Waals surface area contributed by atoms with Crippen LogP contribution in [0, 0.1) is 17.0 Å². The number of alkyl halides is 3. The largest absolute Gasteiger partial charge is 0.493 e. The van der Waals surface area contributed by atoms with E-state index in [1.807, 2.05) is 0 Å². The van der Waals surface area contributed by atoms with Gasteiger partial charge in [-0.2, -0.15) is 17.6 Å². The molecule has 2 rings (SSSR count). The maximum Gasteiger partial charge on any atom is 0.396 e. The van der Waals surface area contributed by atoms with Crippen molar-refractivity contribution in [2.75, 3.05) is 20.3 Å². The normalized spacial score (nSPS) is 26.5. The number of esters is 1. The molecule has 1 aliphatic rings. The van der Waals surface area contributed by atoms with E-state index >= 15 is 0 Å². The minimum absolute atomic E-state index is 0.00311. The number of hydrogen-bond acceptors (Lipinski definition) is 4. The van der Waals surface area contributed by atoms with Gasteiger partial charge in [-0.05, 0) is 26.3 Å². The second-order valence-corrected chi connectivity index (χ2v) is 6.34. The summed E-state index contributed by atoms with van der Waals surface area (Å²) < 4.78 is 82.8. The van der Waals surface area contributed by atoms with E-state index in [0.29, 0.717) is 0 Å². The van der Waals surface area contributed by atoms with Gasteiger partial charge in [-0.3, -0.25) is 0 Å². The summed E-state index contributed by atoms with van der Waals surface area (Å²) in [6.45, 7) is 1.74. The van der Waals surface area contributed by atoms with Crippen molar-refractivity contribution in [3.63, 3.8) is 0 Å². The number of benzene rings is 1. The van der Waals surface area contributed by atoms with Crippen molar-refractivity contribution in [3.8, 4) is 5.75 Å². The van der Waals surface area contributed by atoms with Gasteiger partial charge >= 0.3 is 12.1 Å². The van der Waals surface area contributed by atoms with Gasteiger partial charge in [-0.1, -0.05) is 6.07 Å². The highest BCUT2D eigenvalue weighted by Gasteiger charge is 2.57. The Hall–Kier alpha value is -1.90. The lowest BCUT2D eigenvalue weighted by Gasteiger charge is -2.42. The van der Waals surface area contributed by atoms with Crippen LogP contribution in [-0.2, 0) is 14.3 Å². The molecular weight excluding hydrogens is 363 g/mol. The highest BCUT2D eigenvalue weighted by molar-refractivity contribution is 5.76. The number of carbonyl (C=O) groups excluding carboxylic acids is 1. The molecule has 0 unspecified atom stereocenters. The van der Waals surface area contributed by atoms with Crippen LogP contribution in [0.1, 0.15) is 31.7 Å². The molecule has 0 radical (unpaired) electrons. The smallest absolute Gasteiger partial charge is 0.396 e. The first-order chi connectivity index (χ1) is 12.1. The first kappa shape index (κ1) is 20.4. The summed E-state index contributed by atoms with van der Waals surface area (Å²) in [7, 11) is 1.06. The van der Waals surface area contributed by atoms with E-state index in [-0.39, 0.29) is 12.2 Å². The molecule has 146 valence electrons. The molecule has 0 aromatic heterocycles. The Labute approximate surface area is 147 Å². The predicted molar refractivity (Wildman–Crippen MR) is 80.8 cm³/mol. The zero-order valence-corrected chi connectivity index (χ0v) is 14.5. The van der Waals surface area contributed by atoms with Gasteiger partial charge in [0.1, 0.15) is 0 Å². The maximum absolute atomic E-state index is 14.0. The molecule has 1 fully saturated rings. The van der Waals surface area contributed by atoms with Crippen LogP contribution in [0.25, 0.3) is 0 Å². The van der Waals surface area contributed by atoms with Gasteiger partial charge in [0, 0.05) is 11.5 Å². The molecule has 0 bridgehead atoms. The summed E-state index contributed by atoms with van der Waals surface area (Å²) in [5.41, 5.74) is -2.35. The average molecular weight is 382 g/mol. The molecular formula is C17H19F5O4. The first-order valence-electron chi connectivity index (χ1n) is 7.92. The highest BCUT2D eigenvalue weighted by Crippen LogP contribution is 2.51. The predicted octanol–water partition coefficient (Wildman–Crippen LogP) is 3.98. The highest BCUT2D eigenvalue weighted by atomic mass is 19.4. The molecule has 0 aliphatic carbocycles. The summed E-state index contributed by atoms with van der Waals surface area (Å²) in [6, 6.07) is 1.87. The van der Waals surface area contributed by atoms with Gasteiger partial charge in [-0.15, -0.1) is 0 Å². The number of carbonyl (C=O) groups is 1. The Balaban J connectivity index is 2.53. The van der Waals surface area contributed by atoms with Gasteiger partial charge < -0.3 is 14.2 Å². The van der Waals surface area contributed by atoms with Crippen LogP contribution in [-0.4, -0.2) is 38.6 Å². The van der Waals surface area contributed by atoms with Crippen molar-refractivity contribution in [3.05, 3.63) is 29.3 Å². The van der Waals surface area contributed by atoms with Gasteiger partial charge in [0.05, 0.1) is 25.7 Å². The van der Waals surface area contributed by atoms with Crippen molar-refractivity contribution in [2.24, 2.45) is 5.41 Å². The lowest BCUT2D eigenvalue weighted by Crippen LogP contribution is -2.50. The Morgan fingerprint density at radius 2 is 2.00 bits per heavy atom. The van der Waals surface area contributed by atoms with Crippen LogP contribution in [0.15, 0.2) is 12.1 Å². The van der Waals surface area contributed by atoms with Gasteiger partial charge in [0.25, 0.3) is 0 Å². The molecule has 26 heavy (non-hydrogen) atoms. The van der Waals surface area contributed by atoms with Gasteiger partial charge in [0.15, 0.2) is 17.7 Å². The molecule has 4 nitrogen and oxygen atoms in total. The molecule has 0 N–H and O–H groups in total. The Morgan fingerprint density at radius 3 is 2.54 bits per heavy atom. The van der Waals surface area contributed by atoms with Crippen LogP contribution in [0.2, 0.25) is 0 Å². The van der Waals surface area contributed by atoms with Crippen LogP contribution >= 0.6 is 0 Å². The quantitative estimate of drug-likeness (QED) is 0.584. The first-order valence-corrected chi connectivity index (χ1v) is 7.92. The zero-order chi connectivity index (χ0) is 19.7. The SMILES string of the molecule is CCOC(=O)[C@H]1OC[C@@](C)(C(F)(F)F)C[C@H]1c1ccc(F)c(F)c1OC.